The summed E-state index contributed by atoms with van der Waals surface area (Å²) in [6.07, 6.45) is 0.194. The predicted molar refractivity (Wildman–Crippen MR) is 70.8 cm³/mol. The van der Waals surface area contributed by atoms with Crippen LogP contribution in [0.4, 0.5) is 5.69 Å². The van der Waals surface area contributed by atoms with Crippen molar-refractivity contribution in [2.45, 2.75) is 19.4 Å². The molecule has 0 saturated carbocycles. The molecule has 0 aliphatic carbocycles. The summed E-state index contributed by atoms with van der Waals surface area (Å²) >= 11 is 0. The molecule has 0 spiro atoms. The minimum absolute atomic E-state index is 0.194. The van der Waals surface area contributed by atoms with Crippen LogP contribution >= 0.6 is 0 Å². The van der Waals surface area contributed by atoms with Gasteiger partial charge in [-0.2, -0.15) is 0 Å². The van der Waals surface area contributed by atoms with Gasteiger partial charge in [0.2, 0.25) is 5.91 Å². The molecular weight excluding hydrogens is 248 g/mol. The van der Waals surface area contributed by atoms with Crippen molar-refractivity contribution in [3.05, 3.63) is 24.3 Å². The van der Waals surface area contributed by atoms with Gasteiger partial charge in [-0.05, 0) is 31.2 Å². The molecule has 104 valence electrons. The zero-order valence-corrected chi connectivity index (χ0v) is 11.0. The minimum atomic E-state index is -0.559. The van der Waals surface area contributed by atoms with Gasteiger partial charge < -0.3 is 20.5 Å². The second kappa shape index (κ2) is 7.38. The summed E-state index contributed by atoms with van der Waals surface area (Å²) in [4.78, 5) is 22.2. The van der Waals surface area contributed by atoms with Crippen molar-refractivity contribution < 1.29 is 19.1 Å². The standard InChI is InChI=1S/C13H18N2O4/c1-9(14)13(17)15-10-3-5-11(6-4-10)19-8-7-12(16)18-2/h3-6,9H,7-8,14H2,1-2H3,(H,15,17)/t9-/m0/s1. The van der Waals surface area contributed by atoms with Crippen LogP contribution in [0.1, 0.15) is 13.3 Å². The molecule has 0 aliphatic rings. The van der Waals surface area contributed by atoms with Crippen LogP contribution < -0.4 is 15.8 Å². The molecule has 1 aromatic rings. The molecule has 1 rings (SSSR count). The van der Waals surface area contributed by atoms with E-state index in [9.17, 15) is 9.59 Å². The topological polar surface area (TPSA) is 90.6 Å². The number of hydrogen-bond donors (Lipinski definition) is 2. The number of benzene rings is 1. The van der Waals surface area contributed by atoms with Crippen molar-refractivity contribution in [2.24, 2.45) is 5.73 Å². The molecule has 6 heteroatoms. The molecule has 1 amide bonds. The smallest absolute Gasteiger partial charge is 0.308 e. The van der Waals surface area contributed by atoms with Crippen LogP contribution in [0, 0.1) is 0 Å². The van der Waals surface area contributed by atoms with Crippen molar-refractivity contribution in [1.82, 2.24) is 0 Å². The molecule has 3 N–H and O–H groups in total. The molecule has 0 bridgehead atoms. The molecule has 6 nitrogen and oxygen atoms in total. The molecule has 1 atom stereocenters. The van der Waals surface area contributed by atoms with E-state index in [1.807, 2.05) is 0 Å². The maximum absolute atomic E-state index is 11.4. The Bertz CT molecular complexity index is 429. The number of carbonyl (C=O) groups is 2. The number of rotatable bonds is 6. The van der Waals surface area contributed by atoms with E-state index in [-0.39, 0.29) is 24.9 Å². The van der Waals surface area contributed by atoms with Crippen LogP contribution in [0.3, 0.4) is 0 Å². The lowest BCUT2D eigenvalue weighted by atomic mass is 10.2. The summed E-state index contributed by atoms with van der Waals surface area (Å²) in [6, 6.07) is 6.25. The van der Waals surface area contributed by atoms with Gasteiger partial charge in [-0.1, -0.05) is 0 Å². The fourth-order valence-corrected chi connectivity index (χ4v) is 1.24. The first-order valence-corrected chi connectivity index (χ1v) is 5.89. The average Bonchev–Trinajstić information content (AvgIpc) is 2.40. The highest BCUT2D eigenvalue weighted by molar-refractivity contribution is 5.94. The largest absolute Gasteiger partial charge is 0.493 e. The van der Waals surface area contributed by atoms with E-state index >= 15 is 0 Å². The van der Waals surface area contributed by atoms with Crippen molar-refractivity contribution in [3.63, 3.8) is 0 Å². The minimum Gasteiger partial charge on any atom is -0.493 e. The first-order valence-electron chi connectivity index (χ1n) is 5.89. The van der Waals surface area contributed by atoms with Gasteiger partial charge in [0.05, 0.1) is 26.2 Å². The number of esters is 1. The first-order chi connectivity index (χ1) is 9.02. The van der Waals surface area contributed by atoms with Crippen molar-refractivity contribution in [1.29, 1.82) is 0 Å². The predicted octanol–water partition coefficient (Wildman–Crippen LogP) is 0.914. The maximum atomic E-state index is 11.4. The number of ether oxygens (including phenoxy) is 2. The second-order valence-electron chi connectivity index (χ2n) is 3.98. The van der Waals surface area contributed by atoms with Crippen molar-refractivity contribution >= 4 is 17.6 Å². The van der Waals surface area contributed by atoms with Gasteiger partial charge in [-0.15, -0.1) is 0 Å². The van der Waals surface area contributed by atoms with Gasteiger partial charge in [-0.25, -0.2) is 0 Å². The third kappa shape index (κ3) is 5.39. The molecule has 0 fully saturated rings. The van der Waals surface area contributed by atoms with Crippen LogP contribution in [0.5, 0.6) is 5.75 Å². The summed E-state index contributed by atoms with van der Waals surface area (Å²) in [5.74, 6) is 0.0443. The molecule has 0 aliphatic heterocycles. The van der Waals surface area contributed by atoms with E-state index in [2.05, 4.69) is 10.1 Å². The lowest BCUT2D eigenvalue weighted by Crippen LogP contribution is -2.32. The van der Waals surface area contributed by atoms with Gasteiger partial charge in [0.25, 0.3) is 0 Å². The molecule has 0 unspecified atom stereocenters. The van der Waals surface area contributed by atoms with Gasteiger partial charge in [0, 0.05) is 5.69 Å². The lowest BCUT2D eigenvalue weighted by molar-refractivity contribution is -0.141. The SMILES string of the molecule is COC(=O)CCOc1ccc(NC(=O)[C@H](C)N)cc1. The van der Waals surface area contributed by atoms with E-state index in [1.54, 1.807) is 31.2 Å². The van der Waals surface area contributed by atoms with Crippen LogP contribution in [-0.4, -0.2) is 31.6 Å². The van der Waals surface area contributed by atoms with Gasteiger partial charge >= 0.3 is 5.97 Å². The highest BCUT2D eigenvalue weighted by atomic mass is 16.5. The van der Waals surface area contributed by atoms with E-state index in [0.717, 1.165) is 0 Å². The highest BCUT2D eigenvalue weighted by Gasteiger charge is 2.07. The third-order valence-corrected chi connectivity index (χ3v) is 2.34. The van der Waals surface area contributed by atoms with E-state index in [0.29, 0.717) is 11.4 Å². The fourth-order valence-electron chi connectivity index (χ4n) is 1.24. The normalized spacial score (nSPS) is 11.5. The van der Waals surface area contributed by atoms with Crippen LogP contribution in [0.25, 0.3) is 0 Å². The Labute approximate surface area is 111 Å². The Kier molecular flexibility index (Phi) is 5.81. The number of nitrogens with two attached hydrogens (primary N) is 1. The number of anilines is 1. The zero-order valence-electron chi connectivity index (χ0n) is 11.0. The average molecular weight is 266 g/mol. The van der Waals surface area contributed by atoms with E-state index < -0.39 is 6.04 Å². The Morgan fingerprint density at radius 3 is 2.47 bits per heavy atom. The van der Waals surface area contributed by atoms with E-state index in [1.165, 1.54) is 7.11 Å². The number of hydrogen-bond acceptors (Lipinski definition) is 5. The molecule has 0 radical (unpaired) electrons. The zero-order chi connectivity index (χ0) is 14.3. The van der Waals surface area contributed by atoms with Crippen LogP contribution in [-0.2, 0) is 14.3 Å². The summed E-state index contributed by atoms with van der Waals surface area (Å²) in [5, 5.41) is 2.66. The highest BCUT2D eigenvalue weighted by Crippen LogP contribution is 2.16. The lowest BCUT2D eigenvalue weighted by Gasteiger charge is -2.09. The Hall–Kier alpha value is -2.08. The fraction of sp³-hybridized carbons (Fsp3) is 0.385. The number of carbonyl (C=O) groups excluding carboxylic acids is 2. The first kappa shape index (κ1) is 15.0. The number of amides is 1. The summed E-state index contributed by atoms with van der Waals surface area (Å²) in [6.45, 7) is 1.86. The molecule has 0 saturated heterocycles. The van der Waals surface area contributed by atoms with Crippen LogP contribution in [0.15, 0.2) is 24.3 Å². The summed E-state index contributed by atoms with van der Waals surface area (Å²) < 4.78 is 9.84. The van der Waals surface area contributed by atoms with Gasteiger partial charge in [0.15, 0.2) is 0 Å². The molecule has 0 heterocycles. The van der Waals surface area contributed by atoms with Crippen LogP contribution in [0.2, 0.25) is 0 Å². The van der Waals surface area contributed by atoms with Gasteiger partial charge in [0.1, 0.15) is 5.75 Å². The van der Waals surface area contributed by atoms with E-state index in [4.69, 9.17) is 10.5 Å². The quantitative estimate of drug-likeness (QED) is 0.747. The molecule has 0 aromatic heterocycles. The number of methoxy groups -OCH3 is 1. The third-order valence-electron chi connectivity index (χ3n) is 2.34. The number of nitrogens with one attached hydrogen (secondary N) is 1. The van der Waals surface area contributed by atoms with Gasteiger partial charge in [-0.3, -0.25) is 9.59 Å². The Morgan fingerprint density at radius 1 is 1.32 bits per heavy atom. The molecule has 19 heavy (non-hydrogen) atoms. The molecular formula is C13H18N2O4. The second-order valence-corrected chi connectivity index (χ2v) is 3.98. The summed E-state index contributed by atoms with van der Waals surface area (Å²) in [5.41, 5.74) is 6.08. The molecule has 1 aromatic carbocycles. The van der Waals surface area contributed by atoms with Crippen molar-refractivity contribution in [2.75, 3.05) is 19.0 Å². The monoisotopic (exact) mass is 266 g/mol. The maximum Gasteiger partial charge on any atom is 0.308 e. The summed E-state index contributed by atoms with van der Waals surface area (Å²) in [7, 11) is 1.33. The Balaban J connectivity index is 2.43. The van der Waals surface area contributed by atoms with Crippen molar-refractivity contribution in [3.8, 4) is 5.75 Å². The Morgan fingerprint density at radius 2 is 1.95 bits per heavy atom.